The van der Waals surface area contributed by atoms with E-state index in [-0.39, 0.29) is 10.8 Å². The SMILES string of the molecule is O=S(=O)(N[C@H](CO)Cc1ccccc1)c1cccs1. The molecular formula is C13H15NO3S2. The number of aliphatic hydroxyl groups is 1. The van der Waals surface area contributed by atoms with Crippen molar-refractivity contribution < 1.29 is 13.5 Å². The molecule has 0 unspecified atom stereocenters. The minimum Gasteiger partial charge on any atom is -0.395 e. The van der Waals surface area contributed by atoms with Crippen LogP contribution < -0.4 is 4.72 Å². The van der Waals surface area contributed by atoms with Crippen LogP contribution in [0.1, 0.15) is 5.56 Å². The van der Waals surface area contributed by atoms with E-state index in [4.69, 9.17) is 0 Å². The predicted octanol–water partition coefficient (Wildman–Crippen LogP) is 1.63. The molecule has 0 radical (unpaired) electrons. The van der Waals surface area contributed by atoms with Gasteiger partial charge in [0.2, 0.25) is 10.0 Å². The summed E-state index contributed by atoms with van der Waals surface area (Å²) in [4.78, 5) is 0. The highest BCUT2D eigenvalue weighted by molar-refractivity contribution is 7.91. The van der Waals surface area contributed by atoms with Crippen LogP contribution in [-0.4, -0.2) is 26.2 Å². The van der Waals surface area contributed by atoms with E-state index in [1.807, 2.05) is 30.3 Å². The molecule has 0 fully saturated rings. The van der Waals surface area contributed by atoms with Gasteiger partial charge in [-0.1, -0.05) is 36.4 Å². The van der Waals surface area contributed by atoms with E-state index >= 15 is 0 Å². The lowest BCUT2D eigenvalue weighted by Gasteiger charge is -2.15. The fourth-order valence-electron chi connectivity index (χ4n) is 1.74. The van der Waals surface area contributed by atoms with Crippen LogP contribution >= 0.6 is 11.3 Å². The van der Waals surface area contributed by atoms with Crippen molar-refractivity contribution >= 4 is 21.4 Å². The molecule has 2 aromatic rings. The third-order valence-corrected chi connectivity index (χ3v) is 5.55. The number of nitrogens with one attached hydrogen (secondary N) is 1. The topological polar surface area (TPSA) is 66.4 Å². The van der Waals surface area contributed by atoms with Gasteiger partial charge in [0.1, 0.15) is 4.21 Å². The highest BCUT2D eigenvalue weighted by atomic mass is 32.2. The normalized spacial score (nSPS) is 13.3. The van der Waals surface area contributed by atoms with Crippen molar-refractivity contribution in [3.63, 3.8) is 0 Å². The molecule has 0 aliphatic heterocycles. The Hall–Kier alpha value is -1.21. The second-order valence-electron chi connectivity index (χ2n) is 4.12. The van der Waals surface area contributed by atoms with Gasteiger partial charge in [0, 0.05) is 6.04 Å². The Bertz CT molecular complexity index is 594. The molecule has 1 aromatic heterocycles. The van der Waals surface area contributed by atoms with Crippen molar-refractivity contribution in [2.24, 2.45) is 0 Å². The Morgan fingerprint density at radius 1 is 1.16 bits per heavy atom. The van der Waals surface area contributed by atoms with E-state index < -0.39 is 16.1 Å². The zero-order valence-electron chi connectivity index (χ0n) is 10.2. The van der Waals surface area contributed by atoms with Crippen molar-refractivity contribution in [3.05, 3.63) is 53.4 Å². The van der Waals surface area contributed by atoms with Gasteiger partial charge >= 0.3 is 0 Å². The number of hydrogen-bond donors (Lipinski definition) is 2. The van der Waals surface area contributed by atoms with Gasteiger partial charge in [0.25, 0.3) is 0 Å². The summed E-state index contributed by atoms with van der Waals surface area (Å²) < 4.78 is 26.9. The predicted molar refractivity (Wildman–Crippen MR) is 75.7 cm³/mol. The summed E-state index contributed by atoms with van der Waals surface area (Å²) in [6.07, 6.45) is 0.460. The van der Waals surface area contributed by atoms with Crippen LogP contribution in [0.25, 0.3) is 0 Å². The van der Waals surface area contributed by atoms with Gasteiger partial charge in [-0.05, 0) is 23.4 Å². The molecule has 1 aromatic carbocycles. The summed E-state index contributed by atoms with van der Waals surface area (Å²) in [6.45, 7) is -0.237. The monoisotopic (exact) mass is 297 g/mol. The average Bonchev–Trinajstić information content (AvgIpc) is 2.93. The van der Waals surface area contributed by atoms with Crippen LogP contribution in [0.2, 0.25) is 0 Å². The highest BCUT2D eigenvalue weighted by Gasteiger charge is 2.20. The van der Waals surface area contributed by atoms with Crippen molar-refractivity contribution in [2.75, 3.05) is 6.61 Å². The smallest absolute Gasteiger partial charge is 0.250 e. The quantitative estimate of drug-likeness (QED) is 0.851. The summed E-state index contributed by atoms with van der Waals surface area (Å²) in [6, 6.07) is 12.2. The molecule has 2 rings (SSSR count). The Morgan fingerprint density at radius 3 is 2.47 bits per heavy atom. The number of benzene rings is 1. The van der Waals surface area contributed by atoms with Gasteiger partial charge in [-0.3, -0.25) is 0 Å². The summed E-state index contributed by atoms with van der Waals surface area (Å²) in [5, 5.41) is 11.0. The van der Waals surface area contributed by atoms with Gasteiger partial charge in [-0.15, -0.1) is 11.3 Å². The molecule has 19 heavy (non-hydrogen) atoms. The van der Waals surface area contributed by atoms with Crippen LogP contribution in [0, 0.1) is 0 Å². The molecular weight excluding hydrogens is 282 g/mol. The molecule has 0 saturated heterocycles. The maximum Gasteiger partial charge on any atom is 0.250 e. The first-order chi connectivity index (χ1) is 9.12. The zero-order chi connectivity index (χ0) is 13.7. The molecule has 0 spiro atoms. The van der Waals surface area contributed by atoms with E-state index in [9.17, 15) is 13.5 Å². The van der Waals surface area contributed by atoms with Crippen LogP contribution in [0.15, 0.2) is 52.1 Å². The van der Waals surface area contributed by atoms with Crippen molar-refractivity contribution in [3.8, 4) is 0 Å². The molecule has 0 aliphatic carbocycles. The summed E-state index contributed by atoms with van der Waals surface area (Å²) in [5.74, 6) is 0. The summed E-state index contributed by atoms with van der Waals surface area (Å²) in [7, 11) is -3.54. The molecule has 0 aliphatic rings. The van der Waals surface area contributed by atoms with Crippen LogP contribution in [0.5, 0.6) is 0 Å². The van der Waals surface area contributed by atoms with E-state index in [1.165, 1.54) is 0 Å². The first-order valence-electron chi connectivity index (χ1n) is 5.82. The number of aliphatic hydroxyl groups excluding tert-OH is 1. The number of sulfonamides is 1. The second kappa shape index (κ2) is 6.29. The summed E-state index contributed by atoms with van der Waals surface area (Å²) in [5.41, 5.74) is 0.982. The Kier molecular flexibility index (Phi) is 4.71. The van der Waals surface area contributed by atoms with Gasteiger partial charge in [0.15, 0.2) is 0 Å². The lowest BCUT2D eigenvalue weighted by molar-refractivity contribution is 0.256. The number of rotatable bonds is 6. The second-order valence-corrected chi connectivity index (χ2v) is 7.01. The van der Waals surface area contributed by atoms with E-state index in [2.05, 4.69) is 4.72 Å². The van der Waals surface area contributed by atoms with Gasteiger partial charge in [-0.25, -0.2) is 13.1 Å². The molecule has 0 bridgehead atoms. The maximum atomic E-state index is 12.0. The highest BCUT2D eigenvalue weighted by Crippen LogP contribution is 2.16. The van der Waals surface area contributed by atoms with Crippen LogP contribution in [0.4, 0.5) is 0 Å². The molecule has 1 heterocycles. The third-order valence-electron chi connectivity index (χ3n) is 2.63. The van der Waals surface area contributed by atoms with E-state index in [1.54, 1.807) is 17.5 Å². The number of thiophene rings is 1. The van der Waals surface area contributed by atoms with Crippen molar-refractivity contribution in [1.82, 2.24) is 4.72 Å². The first-order valence-corrected chi connectivity index (χ1v) is 8.19. The summed E-state index contributed by atoms with van der Waals surface area (Å²) >= 11 is 1.16. The number of hydrogen-bond acceptors (Lipinski definition) is 4. The molecule has 102 valence electrons. The largest absolute Gasteiger partial charge is 0.395 e. The molecule has 4 nitrogen and oxygen atoms in total. The van der Waals surface area contributed by atoms with Gasteiger partial charge < -0.3 is 5.11 Å². The van der Waals surface area contributed by atoms with Crippen molar-refractivity contribution in [1.29, 1.82) is 0 Å². The molecule has 2 N–H and O–H groups in total. The molecule has 0 amide bonds. The standard InChI is InChI=1S/C13H15NO3S2/c15-10-12(9-11-5-2-1-3-6-11)14-19(16,17)13-7-4-8-18-13/h1-8,12,14-15H,9-10H2/t12-/m0/s1. The lowest BCUT2D eigenvalue weighted by atomic mass is 10.1. The third kappa shape index (κ3) is 3.87. The fourth-order valence-corrected chi connectivity index (χ4v) is 3.97. The Labute approximate surface area is 116 Å². The molecule has 6 heteroatoms. The van der Waals surface area contributed by atoms with E-state index in [0.29, 0.717) is 6.42 Å². The molecule has 0 saturated carbocycles. The Morgan fingerprint density at radius 2 is 1.89 bits per heavy atom. The first kappa shape index (κ1) is 14.2. The van der Waals surface area contributed by atoms with E-state index in [0.717, 1.165) is 16.9 Å². The van der Waals surface area contributed by atoms with Crippen molar-refractivity contribution in [2.45, 2.75) is 16.7 Å². The average molecular weight is 297 g/mol. The fraction of sp³-hybridized carbons (Fsp3) is 0.231. The minimum atomic E-state index is -3.54. The Balaban J connectivity index is 2.08. The van der Waals surface area contributed by atoms with Gasteiger partial charge in [-0.2, -0.15) is 0 Å². The minimum absolute atomic E-state index is 0.237. The lowest BCUT2D eigenvalue weighted by Crippen LogP contribution is -2.38. The van der Waals surface area contributed by atoms with Crippen LogP contribution in [0.3, 0.4) is 0 Å². The van der Waals surface area contributed by atoms with Crippen LogP contribution in [-0.2, 0) is 16.4 Å². The van der Waals surface area contributed by atoms with Gasteiger partial charge in [0.05, 0.1) is 6.61 Å². The molecule has 1 atom stereocenters. The maximum absolute atomic E-state index is 12.0. The zero-order valence-corrected chi connectivity index (χ0v) is 11.8.